The second kappa shape index (κ2) is 6.57. The molecule has 0 spiro atoms. The molecule has 1 nitrogen and oxygen atoms in total. The van der Waals surface area contributed by atoms with E-state index in [0.717, 1.165) is 12.4 Å². The van der Waals surface area contributed by atoms with Gasteiger partial charge in [0.1, 0.15) is 5.75 Å². The fourth-order valence-electron chi connectivity index (χ4n) is 1.90. The van der Waals surface area contributed by atoms with Crippen LogP contribution in [0.5, 0.6) is 5.75 Å². The van der Waals surface area contributed by atoms with Crippen molar-refractivity contribution in [1.82, 2.24) is 0 Å². The maximum absolute atomic E-state index is 5.91. The lowest BCUT2D eigenvalue weighted by molar-refractivity contribution is 0.249. The smallest absolute Gasteiger partial charge is 0.122 e. The van der Waals surface area contributed by atoms with E-state index in [4.69, 9.17) is 4.74 Å². The minimum Gasteiger partial charge on any atom is -0.493 e. The predicted octanol–water partition coefficient (Wildman–Crippen LogP) is 4.63. The minimum absolute atomic E-state index is 0.526. The third kappa shape index (κ3) is 3.88. The van der Waals surface area contributed by atoms with Crippen molar-refractivity contribution in [2.75, 3.05) is 6.61 Å². The van der Waals surface area contributed by atoms with E-state index >= 15 is 0 Å². The Morgan fingerprint density at radius 1 is 1.12 bits per heavy atom. The first-order valence-electron chi connectivity index (χ1n) is 6.36. The second-order valence-electron chi connectivity index (χ2n) is 4.90. The molecule has 0 radical (unpaired) electrons. The topological polar surface area (TPSA) is 9.23 Å². The number of ether oxygens (including phenoxy) is 1. The molecule has 1 atom stereocenters. The molecule has 1 aromatic carbocycles. The molecule has 0 fully saturated rings. The van der Waals surface area contributed by atoms with Crippen molar-refractivity contribution in [2.45, 2.75) is 46.5 Å². The maximum Gasteiger partial charge on any atom is 0.122 e. The van der Waals surface area contributed by atoms with E-state index in [1.807, 2.05) is 6.07 Å². The fourth-order valence-corrected chi connectivity index (χ4v) is 1.90. The van der Waals surface area contributed by atoms with Gasteiger partial charge in [0, 0.05) is 0 Å². The normalized spacial score (nSPS) is 12.8. The summed E-state index contributed by atoms with van der Waals surface area (Å²) in [6, 6.07) is 8.36. The zero-order valence-electron chi connectivity index (χ0n) is 11.0. The van der Waals surface area contributed by atoms with Crippen molar-refractivity contribution in [2.24, 2.45) is 5.92 Å². The average molecular weight is 220 g/mol. The SMILES string of the molecule is CCCC(C)COc1ccccc1C(C)C. The minimum atomic E-state index is 0.526. The van der Waals surface area contributed by atoms with Crippen LogP contribution < -0.4 is 4.74 Å². The van der Waals surface area contributed by atoms with E-state index in [1.54, 1.807) is 0 Å². The molecule has 1 aromatic rings. The molecule has 0 aliphatic rings. The van der Waals surface area contributed by atoms with Gasteiger partial charge in [0.15, 0.2) is 0 Å². The molecule has 0 amide bonds. The van der Waals surface area contributed by atoms with Crippen LogP contribution in [0.2, 0.25) is 0 Å². The summed E-state index contributed by atoms with van der Waals surface area (Å²) in [5, 5.41) is 0. The molecule has 0 N–H and O–H groups in total. The molecular weight excluding hydrogens is 196 g/mol. The summed E-state index contributed by atoms with van der Waals surface area (Å²) in [5.41, 5.74) is 1.31. The van der Waals surface area contributed by atoms with Crippen LogP contribution in [0.1, 0.15) is 52.0 Å². The van der Waals surface area contributed by atoms with E-state index in [9.17, 15) is 0 Å². The van der Waals surface area contributed by atoms with Gasteiger partial charge in [-0.25, -0.2) is 0 Å². The van der Waals surface area contributed by atoms with Crippen LogP contribution in [0.3, 0.4) is 0 Å². The van der Waals surface area contributed by atoms with E-state index in [2.05, 4.69) is 45.9 Å². The molecule has 0 aliphatic carbocycles. The van der Waals surface area contributed by atoms with Crippen LogP contribution in [0, 0.1) is 5.92 Å². The molecule has 1 heteroatoms. The number of para-hydroxylation sites is 1. The first-order valence-corrected chi connectivity index (χ1v) is 6.36. The van der Waals surface area contributed by atoms with Crippen molar-refractivity contribution in [3.8, 4) is 5.75 Å². The van der Waals surface area contributed by atoms with Gasteiger partial charge in [0.2, 0.25) is 0 Å². The van der Waals surface area contributed by atoms with Crippen LogP contribution >= 0.6 is 0 Å². The van der Waals surface area contributed by atoms with E-state index in [1.165, 1.54) is 18.4 Å². The van der Waals surface area contributed by atoms with Gasteiger partial charge >= 0.3 is 0 Å². The summed E-state index contributed by atoms with van der Waals surface area (Å²) in [7, 11) is 0. The highest BCUT2D eigenvalue weighted by Crippen LogP contribution is 2.26. The lowest BCUT2D eigenvalue weighted by Gasteiger charge is -2.16. The largest absolute Gasteiger partial charge is 0.493 e. The van der Waals surface area contributed by atoms with E-state index in [0.29, 0.717) is 11.8 Å². The Balaban J connectivity index is 2.59. The highest BCUT2D eigenvalue weighted by Gasteiger charge is 2.08. The zero-order chi connectivity index (χ0) is 12.0. The molecule has 0 bridgehead atoms. The molecular formula is C15H24O. The van der Waals surface area contributed by atoms with E-state index in [-0.39, 0.29) is 0 Å². The number of rotatable bonds is 6. The van der Waals surface area contributed by atoms with Crippen LogP contribution in [-0.2, 0) is 0 Å². The van der Waals surface area contributed by atoms with Crippen LogP contribution in [0.4, 0.5) is 0 Å². The Morgan fingerprint density at radius 3 is 2.44 bits per heavy atom. The lowest BCUT2D eigenvalue weighted by atomic mass is 10.0. The van der Waals surface area contributed by atoms with Gasteiger partial charge in [-0.05, 0) is 29.9 Å². The Labute approximate surface area is 99.8 Å². The van der Waals surface area contributed by atoms with Gasteiger partial charge < -0.3 is 4.74 Å². The molecule has 1 rings (SSSR count). The molecule has 1 unspecified atom stereocenters. The summed E-state index contributed by atoms with van der Waals surface area (Å²) in [5.74, 6) is 2.23. The average Bonchev–Trinajstić information content (AvgIpc) is 2.27. The number of hydrogen-bond acceptors (Lipinski definition) is 1. The Bertz CT molecular complexity index is 304. The molecule has 16 heavy (non-hydrogen) atoms. The fraction of sp³-hybridized carbons (Fsp3) is 0.600. The van der Waals surface area contributed by atoms with Crippen molar-refractivity contribution < 1.29 is 4.74 Å². The first kappa shape index (κ1) is 13.1. The van der Waals surface area contributed by atoms with Crippen LogP contribution in [0.15, 0.2) is 24.3 Å². The van der Waals surface area contributed by atoms with Gasteiger partial charge in [-0.1, -0.05) is 52.3 Å². The number of benzene rings is 1. The van der Waals surface area contributed by atoms with Gasteiger partial charge in [0.05, 0.1) is 6.61 Å². The second-order valence-corrected chi connectivity index (χ2v) is 4.90. The molecule has 0 saturated heterocycles. The Hall–Kier alpha value is -0.980. The van der Waals surface area contributed by atoms with Gasteiger partial charge in [-0.15, -0.1) is 0 Å². The van der Waals surface area contributed by atoms with Crippen molar-refractivity contribution in [3.63, 3.8) is 0 Å². The third-order valence-corrected chi connectivity index (χ3v) is 2.85. The van der Waals surface area contributed by atoms with E-state index < -0.39 is 0 Å². The monoisotopic (exact) mass is 220 g/mol. The standard InChI is InChI=1S/C15H24O/c1-5-8-13(4)11-16-15-10-7-6-9-14(15)12(2)3/h6-7,9-10,12-13H,5,8,11H2,1-4H3. The van der Waals surface area contributed by atoms with Crippen molar-refractivity contribution in [1.29, 1.82) is 0 Å². The quantitative estimate of drug-likeness (QED) is 0.679. The highest BCUT2D eigenvalue weighted by atomic mass is 16.5. The third-order valence-electron chi connectivity index (χ3n) is 2.85. The molecule has 0 aromatic heterocycles. The summed E-state index contributed by atoms with van der Waals surface area (Å²) >= 11 is 0. The van der Waals surface area contributed by atoms with Gasteiger partial charge in [-0.3, -0.25) is 0 Å². The molecule has 90 valence electrons. The molecule has 0 aliphatic heterocycles. The van der Waals surface area contributed by atoms with Gasteiger partial charge in [0.25, 0.3) is 0 Å². The number of hydrogen-bond donors (Lipinski definition) is 0. The lowest BCUT2D eigenvalue weighted by Crippen LogP contribution is -2.09. The first-order chi connectivity index (χ1) is 7.65. The highest BCUT2D eigenvalue weighted by molar-refractivity contribution is 5.35. The Morgan fingerprint density at radius 2 is 1.81 bits per heavy atom. The molecule has 0 heterocycles. The van der Waals surface area contributed by atoms with Gasteiger partial charge in [-0.2, -0.15) is 0 Å². The Kier molecular flexibility index (Phi) is 5.37. The zero-order valence-corrected chi connectivity index (χ0v) is 11.0. The van der Waals surface area contributed by atoms with Crippen molar-refractivity contribution >= 4 is 0 Å². The maximum atomic E-state index is 5.91. The summed E-state index contributed by atoms with van der Waals surface area (Å²) in [4.78, 5) is 0. The van der Waals surface area contributed by atoms with Crippen LogP contribution in [-0.4, -0.2) is 6.61 Å². The van der Waals surface area contributed by atoms with Crippen molar-refractivity contribution in [3.05, 3.63) is 29.8 Å². The molecule has 0 saturated carbocycles. The summed E-state index contributed by atoms with van der Waals surface area (Å²) in [6.45, 7) is 9.72. The summed E-state index contributed by atoms with van der Waals surface area (Å²) < 4.78 is 5.91. The predicted molar refractivity (Wildman–Crippen MR) is 70.1 cm³/mol. The van der Waals surface area contributed by atoms with Crippen LogP contribution in [0.25, 0.3) is 0 Å². The summed E-state index contributed by atoms with van der Waals surface area (Å²) in [6.07, 6.45) is 2.47.